The van der Waals surface area contributed by atoms with Gasteiger partial charge in [0, 0.05) is 16.6 Å². The number of benzene rings is 1. The van der Waals surface area contributed by atoms with Crippen molar-refractivity contribution in [3.8, 4) is 0 Å². The number of hydrogen-bond donors (Lipinski definition) is 1. The van der Waals surface area contributed by atoms with Crippen LogP contribution in [0.3, 0.4) is 0 Å². The van der Waals surface area contributed by atoms with E-state index in [0.717, 1.165) is 22.9 Å². The molecular formula is C12H12ClNO2. The van der Waals surface area contributed by atoms with Crippen molar-refractivity contribution in [1.29, 1.82) is 0 Å². The zero-order valence-corrected chi connectivity index (χ0v) is 9.66. The number of nitrogens with zero attached hydrogens (tertiary/aromatic N) is 1. The molecule has 0 radical (unpaired) electrons. The third kappa shape index (κ3) is 1.91. The second kappa shape index (κ2) is 4.18. The highest BCUT2D eigenvalue weighted by molar-refractivity contribution is 6.31. The van der Waals surface area contributed by atoms with Gasteiger partial charge in [-0.05, 0) is 24.1 Å². The minimum atomic E-state index is -0.848. The number of carboxylic acids is 1. The molecule has 4 heteroatoms. The van der Waals surface area contributed by atoms with Crippen molar-refractivity contribution in [2.24, 2.45) is 0 Å². The number of rotatable bonds is 3. The van der Waals surface area contributed by atoms with Crippen LogP contribution in [0.25, 0.3) is 10.9 Å². The Morgan fingerprint density at radius 3 is 2.88 bits per heavy atom. The van der Waals surface area contributed by atoms with Gasteiger partial charge in [0.15, 0.2) is 0 Å². The van der Waals surface area contributed by atoms with E-state index in [1.54, 1.807) is 10.6 Å². The number of aromatic nitrogens is 1. The summed E-state index contributed by atoms with van der Waals surface area (Å²) < 4.78 is 1.72. The SMILES string of the molecule is CCc1cn(CC(=O)O)c2cc(Cl)ccc12. The van der Waals surface area contributed by atoms with E-state index < -0.39 is 5.97 Å². The molecule has 0 aliphatic carbocycles. The van der Waals surface area contributed by atoms with Crippen LogP contribution in [-0.4, -0.2) is 15.6 Å². The zero-order valence-electron chi connectivity index (χ0n) is 8.90. The molecule has 2 aromatic rings. The van der Waals surface area contributed by atoms with Gasteiger partial charge in [0.05, 0.1) is 5.52 Å². The molecule has 0 aliphatic heterocycles. The first-order chi connectivity index (χ1) is 7.61. The monoisotopic (exact) mass is 237 g/mol. The number of hydrogen-bond acceptors (Lipinski definition) is 1. The largest absolute Gasteiger partial charge is 0.480 e. The molecule has 0 aliphatic rings. The Kier molecular flexibility index (Phi) is 2.88. The van der Waals surface area contributed by atoms with Gasteiger partial charge in [-0.3, -0.25) is 4.79 Å². The minimum absolute atomic E-state index is 0.0309. The molecule has 0 unspecified atom stereocenters. The highest BCUT2D eigenvalue weighted by Gasteiger charge is 2.09. The lowest BCUT2D eigenvalue weighted by molar-refractivity contribution is -0.137. The molecule has 16 heavy (non-hydrogen) atoms. The Morgan fingerprint density at radius 2 is 2.25 bits per heavy atom. The number of fused-ring (bicyclic) bond motifs is 1. The van der Waals surface area contributed by atoms with Crippen molar-refractivity contribution in [2.75, 3.05) is 0 Å². The average molecular weight is 238 g/mol. The molecule has 1 N–H and O–H groups in total. The molecule has 0 spiro atoms. The maximum atomic E-state index is 10.7. The molecule has 0 saturated heterocycles. The van der Waals surface area contributed by atoms with Crippen LogP contribution in [0, 0.1) is 0 Å². The van der Waals surface area contributed by atoms with E-state index in [0.29, 0.717) is 5.02 Å². The van der Waals surface area contributed by atoms with E-state index in [4.69, 9.17) is 16.7 Å². The lowest BCUT2D eigenvalue weighted by Gasteiger charge is -2.00. The van der Waals surface area contributed by atoms with Crippen molar-refractivity contribution >= 4 is 28.5 Å². The first-order valence-electron chi connectivity index (χ1n) is 5.11. The van der Waals surface area contributed by atoms with Crippen molar-refractivity contribution in [3.05, 3.63) is 35.0 Å². The Morgan fingerprint density at radius 1 is 1.50 bits per heavy atom. The summed E-state index contributed by atoms with van der Waals surface area (Å²) in [7, 11) is 0. The molecule has 1 aromatic heterocycles. The second-order valence-corrected chi connectivity index (χ2v) is 4.13. The maximum absolute atomic E-state index is 10.7. The fraction of sp³-hybridized carbons (Fsp3) is 0.250. The summed E-state index contributed by atoms with van der Waals surface area (Å²) in [5.41, 5.74) is 2.03. The maximum Gasteiger partial charge on any atom is 0.323 e. The van der Waals surface area contributed by atoms with Crippen molar-refractivity contribution in [2.45, 2.75) is 19.9 Å². The lowest BCUT2D eigenvalue weighted by Crippen LogP contribution is -2.07. The molecule has 1 heterocycles. The van der Waals surface area contributed by atoms with Crippen LogP contribution in [0.1, 0.15) is 12.5 Å². The normalized spacial score (nSPS) is 10.9. The van der Waals surface area contributed by atoms with Gasteiger partial charge in [-0.1, -0.05) is 24.6 Å². The van der Waals surface area contributed by atoms with Gasteiger partial charge in [-0.15, -0.1) is 0 Å². The van der Waals surface area contributed by atoms with Crippen molar-refractivity contribution in [1.82, 2.24) is 4.57 Å². The first-order valence-corrected chi connectivity index (χ1v) is 5.48. The van der Waals surface area contributed by atoms with Gasteiger partial charge in [0.2, 0.25) is 0 Å². The van der Waals surface area contributed by atoms with Crippen LogP contribution in [0.4, 0.5) is 0 Å². The highest BCUT2D eigenvalue weighted by Crippen LogP contribution is 2.25. The average Bonchev–Trinajstić information content (AvgIpc) is 2.55. The Hall–Kier alpha value is -1.48. The first kappa shape index (κ1) is 11.0. The number of carbonyl (C=O) groups is 1. The Labute approximate surface area is 98.3 Å². The van der Waals surface area contributed by atoms with Gasteiger partial charge >= 0.3 is 5.97 Å². The summed E-state index contributed by atoms with van der Waals surface area (Å²) in [6, 6.07) is 5.57. The third-order valence-corrected chi connectivity index (χ3v) is 2.85. The van der Waals surface area contributed by atoms with Crippen molar-refractivity contribution < 1.29 is 9.90 Å². The molecule has 2 rings (SSSR count). The summed E-state index contributed by atoms with van der Waals surface area (Å²) in [4.78, 5) is 10.7. The topological polar surface area (TPSA) is 42.2 Å². The van der Waals surface area contributed by atoms with E-state index >= 15 is 0 Å². The second-order valence-electron chi connectivity index (χ2n) is 3.69. The van der Waals surface area contributed by atoms with Gasteiger partial charge < -0.3 is 9.67 Å². The van der Waals surface area contributed by atoms with Gasteiger partial charge in [-0.2, -0.15) is 0 Å². The van der Waals surface area contributed by atoms with Crippen LogP contribution in [0.2, 0.25) is 5.02 Å². The quantitative estimate of drug-likeness (QED) is 0.892. The number of carboxylic acid groups (broad SMARTS) is 1. The molecule has 84 valence electrons. The van der Waals surface area contributed by atoms with Crippen LogP contribution in [-0.2, 0) is 17.8 Å². The molecule has 3 nitrogen and oxygen atoms in total. The van der Waals surface area contributed by atoms with E-state index in [9.17, 15) is 4.79 Å². The third-order valence-electron chi connectivity index (χ3n) is 2.61. The Balaban J connectivity index is 2.63. The molecule has 1 aromatic carbocycles. The van der Waals surface area contributed by atoms with E-state index in [1.165, 1.54) is 0 Å². The number of halogens is 1. The Bertz CT molecular complexity index is 545. The van der Waals surface area contributed by atoms with Crippen LogP contribution in [0.5, 0.6) is 0 Å². The molecule has 0 atom stereocenters. The fourth-order valence-corrected chi connectivity index (χ4v) is 2.07. The predicted molar refractivity (Wildman–Crippen MR) is 64.0 cm³/mol. The smallest absolute Gasteiger partial charge is 0.323 e. The minimum Gasteiger partial charge on any atom is -0.480 e. The summed E-state index contributed by atoms with van der Waals surface area (Å²) in [6.45, 7) is 2.02. The van der Waals surface area contributed by atoms with E-state index in [-0.39, 0.29) is 6.54 Å². The molecular weight excluding hydrogens is 226 g/mol. The van der Waals surface area contributed by atoms with Crippen LogP contribution < -0.4 is 0 Å². The van der Waals surface area contributed by atoms with E-state index in [1.807, 2.05) is 18.3 Å². The molecule has 0 fully saturated rings. The van der Waals surface area contributed by atoms with Gasteiger partial charge in [-0.25, -0.2) is 0 Å². The molecule has 0 amide bonds. The van der Waals surface area contributed by atoms with Gasteiger partial charge in [0.1, 0.15) is 6.54 Å². The van der Waals surface area contributed by atoms with Gasteiger partial charge in [0.25, 0.3) is 0 Å². The number of aryl methyl sites for hydroxylation is 1. The van der Waals surface area contributed by atoms with E-state index in [2.05, 4.69) is 6.92 Å². The van der Waals surface area contributed by atoms with Crippen LogP contribution in [0.15, 0.2) is 24.4 Å². The highest BCUT2D eigenvalue weighted by atomic mass is 35.5. The summed E-state index contributed by atoms with van der Waals surface area (Å²) >= 11 is 5.92. The zero-order chi connectivity index (χ0) is 11.7. The standard InChI is InChI=1S/C12H12ClNO2/c1-2-8-6-14(7-12(15)16)11-5-9(13)3-4-10(8)11/h3-6H,2,7H2,1H3,(H,15,16). The summed E-state index contributed by atoms with van der Waals surface area (Å²) in [6.07, 6.45) is 2.76. The lowest BCUT2D eigenvalue weighted by atomic mass is 10.1. The number of aliphatic carboxylic acids is 1. The fourth-order valence-electron chi connectivity index (χ4n) is 1.90. The van der Waals surface area contributed by atoms with Crippen molar-refractivity contribution in [3.63, 3.8) is 0 Å². The molecule has 0 bridgehead atoms. The summed E-state index contributed by atoms with van der Waals surface area (Å²) in [5, 5.41) is 10.5. The van der Waals surface area contributed by atoms with Crippen LogP contribution >= 0.6 is 11.6 Å². The molecule has 0 saturated carbocycles. The summed E-state index contributed by atoms with van der Waals surface area (Å²) in [5.74, 6) is -0.848. The predicted octanol–water partition coefficient (Wildman–Crippen LogP) is 2.94.